The quantitative estimate of drug-likeness (QED) is 0.170. The number of benzene rings is 3. The van der Waals surface area contributed by atoms with Crippen LogP contribution in [-0.2, 0) is 5.41 Å². The monoisotopic (exact) mass is 545 g/mol. The molecule has 0 bridgehead atoms. The van der Waals surface area contributed by atoms with Crippen molar-refractivity contribution in [3.8, 4) is 5.75 Å². The standard InChI is InChI=1S/C32H39N3O3S/c1-5-6-7-8-9-21-38-28-19-15-24(16-20-28)30(37)35-31(39)34-27-12-10-11-26(22-27)33-29(36)23-13-17-25(18-14-23)32(2,3)4/h10-20,22H,5-9,21H2,1-4H3,(H,33,36)(H2,34,35,37,39). The fourth-order valence-electron chi connectivity index (χ4n) is 3.94. The summed E-state index contributed by atoms with van der Waals surface area (Å²) in [4.78, 5) is 25.4. The molecule has 39 heavy (non-hydrogen) atoms. The average Bonchev–Trinajstić information content (AvgIpc) is 2.90. The summed E-state index contributed by atoms with van der Waals surface area (Å²) in [6, 6.07) is 21.8. The van der Waals surface area contributed by atoms with Gasteiger partial charge in [-0.25, -0.2) is 0 Å². The second-order valence-electron chi connectivity index (χ2n) is 10.6. The molecule has 0 radical (unpaired) electrons. The van der Waals surface area contributed by atoms with Crippen LogP contribution in [0, 0.1) is 0 Å². The van der Waals surface area contributed by atoms with Crippen molar-refractivity contribution in [2.24, 2.45) is 0 Å². The Labute approximate surface area is 237 Å². The summed E-state index contributed by atoms with van der Waals surface area (Å²) in [5.74, 6) is 0.223. The highest BCUT2D eigenvalue weighted by Gasteiger charge is 2.15. The number of nitrogens with one attached hydrogen (secondary N) is 3. The Kier molecular flexibility index (Phi) is 11.1. The molecule has 206 valence electrons. The fraction of sp³-hybridized carbons (Fsp3) is 0.344. The van der Waals surface area contributed by atoms with E-state index in [-0.39, 0.29) is 22.3 Å². The lowest BCUT2D eigenvalue weighted by molar-refractivity contribution is 0.0976. The summed E-state index contributed by atoms with van der Waals surface area (Å²) in [6.45, 7) is 9.28. The van der Waals surface area contributed by atoms with Gasteiger partial charge < -0.3 is 15.4 Å². The highest BCUT2D eigenvalue weighted by Crippen LogP contribution is 2.23. The van der Waals surface area contributed by atoms with Crippen molar-refractivity contribution in [1.82, 2.24) is 5.32 Å². The zero-order valence-electron chi connectivity index (χ0n) is 23.3. The minimum absolute atomic E-state index is 0.0218. The predicted octanol–water partition coefficient (Wildman–Crippen LogP) is 7.71. The lowest BCUT2D eigenvalue weighted by atomic mass is 9.87. The van der Waals surface area contributed by atoms with Crippen molar-refractivity contribution in [2.75, 3.05) is 17.2 Å². The summed E-state index contributed by atoms with van der Waals surface area (Å²) < 4.78 is 5.77. The number of hydrogen-bond donors (Lipinski definition) is 3. The molecule has 0 aromatic heterocycles. The summed E-state index contributed by atoms with van der Waals surface area (Å²) in [5.41, 5.74) is 3.50. The van der Waals surface area contributed by atoms with Crippen LogP contribution >= 0.6 is 12.2 Å². The molecule has 0 fully saturated rings. The smallest absolute Gasteiger partial charge is 0.257 e. The van der Waals surface area contributed by atoms with Gasteiger partial charge in [-0.3, -0.25) is 14.9 Å². The molecular weight excluding hydrogens is 506 g/mol. The second kappa shape index (κ2) is 14.4. The second-order valence-corrected chi connectivity index (χ2v) is 11.0. The van der Waals surface area contributed by atoms with Gasteiger partial charge in [0.25, 0.3) is 11.8 Å². The van der Waals surface area contributed by atoms with Crippen LogP contribution in [0.5, 0.6) is 5.75 Å². The molecule has 3 aromatic rings. The van der Waals surface area contributed by atoms with Crippen LogP contribution in [0.25, 0.3) is 0 Å². The average molecular weight is 546 g/mol. The van der Waals surface area contributed by atoms with E-state index in [4.69, 9.17) is 17.0 Å². The van der Waals surface area contributed by atoms with Gasteiger partial charge in [-0.15, -0.1) is 0 Å². The molecule has 0 spiro atoms. The third-order valence-electron chi connectivity index (χ3n) is 6.25. The molecule has 3 rings (SSSR count). The molecule has 0 unspecified atom stereocenters. The molecule has 2 amide bonds. The van der Waals surface area contributed by atoms with Crippen LogP contribution in [0.3, 0.4) is 0 Å². The molecule has 0 aliphatic rings. The number of ether oxygens (including phenoxy) is 1. The predicted molar refractivity (Wildman–Crippen MR) is 164 cm³/mol. The minimum atomic E-state index is -0.318. The van der Waals surface area contributed by atoms with Gasteiger partial charge in [0.05, 0.1) is 6.61 Å². The molecule has 0 saturated carbocycles. The molecule has 0 aliphatic heterocycles. The number of carbonyl (C=O) groups is 2. The molecule has 3 aromatic carbocycles. The Hall–Kier alpha value is -3.71. The largest absolute Gasteiger partial charge is 0.494 e. The topological polar surface area (TPSA) is 79.5 Å². The van der Waals surface area contributed by atoms with Crippen LogP contribution in [0.15, 0.2) is 72.8 Å². The number of thiocarbonyl (C=S) groups is 1. The van der Waals surface area contributed by atoms with E-state index >= 15 is 0 Å². The van der Waals surface area contributed by atoms with Gasteiger partial charge in [0.2, 0.25) is 0 Å². The van der Waals surface area contributed by atoms with E-state index in [0.29, 0.717) is 29.1 Å². The normalized spacial score (nSPS) is 11.0. The molecule has 0 aliphatic carbocycles. The summed E-state index contributed by atoms with van der Waals surface area (Å²) >= 11 is 5.33. The Morgan fingerprint density at radius 1 is 0.769 bits per heavy atom. The third kappa shape index (κ3) is 9.84. The van der Waals surface area contributed by atoms with Gasteiger partial charge in [0, 0.05) is 22.5 Å². The van der Waals surface area contributed by atoms with Crippen molar-refractivity contribution in [2.45, 2.75) is 65.2 Å². The molecule has 3 N–H and O–H groups in total. The van der Waals surface area contributed by atoms with Crippen LogP contribution < -0.4 is 20.7 Å². The van der Waals surface area contributed by atoms with Crippen LogP contribution in [0.2, 0.25) is 0 Å². The molecule has 7 heteroatoms. The molecule has 0 saturated heterocycles. The lowest BCUT2D eigenvalue weighted by Crippen LogP contribution is -2.34. The third-order valence-corrected chi connectivity index (χ3v) is 6.46. The highest BCUT2D eigenvalue weighted by molar-refractivity contribution is 7.80. The molecule has 6 nitrogen and oxygen atoms in total. The number of anilines is 2. The van der Waals surface area contributed by atoms with Crippen molar-refractivity contribution in [1.29, 1.82) is 0 Å². The van der Waals surface area contributed by atoms with Crippen LogP contribution in [-0.4, -0.2) is 23.5 Å². The van der Waals surface area contributed by atoms with Crippen molar-refractivity contribution >= 4 is 40.5 Å². The van der Waals surface area contributed by atoms with E-state index in [2.05, 4.69) is 43.6 Å². The number of unbranched alkanes of at least 4 members (excludes halogenated alkanes) is 4. The van der Waals surface area contributed by atoms with Gasteiger partial charge in [-0.2, -0.15) is 0 Å². The minimum Gasteiger partial charge on any atom is -0.494 e. The Balaban J connectivity index is 1.48. The first-order valence-corrected chi connectivity index (χ1v) is 13.9. The molecule has 0 atom stereocenters. The van der Waals surface area contributed by atoms with Crippen LogP contribution in [0.1, 0.15) is 86.1 Å². The number of carbonyl (C=O) groups excluding carboxylic acids is 2. The molecular formula is C32H39N3O3S. The number of hydrogen-bond acceptors (Lipinski definition) is 4. The zero-order valence-corrected chi connectivity index (χ0v) is 24.1. The van der Waals surface area contributed by atoms with E-state index in [1.807, 2.05) is 24.3 Å². The SMILES string of the molecule is CCCCCCCOc1ccc(C(=O)NC(=S)Nc2cccc(NC(=O)c3ccc(C(C)(C)C)cc3)c2)cc1. The van der Waals surface area contributed by atoms with Crippen LogP contribution in [0.4, 0.5) is 11.4 Å². The zero-order chi connectivity index (χ0) is 28.3. The van der Waals surface area contributed by atoms with Crippen molar-refractivity contribution in [3.63, 3.8) is 0 Å². The summed E-state index contributed by atoms with van der Waals surface area (Å²) in [6.07, 6.45) is 5.91. The highest BCUT2D eigenvalue weighted by atomic mass is 32.1. The maximum absolute atomic E-state index is 12.7. The summed E-state index contributed by atoms with van der Waals surface area (Å²) in [5, 5.41) is 8.76. The van der Waals surface area contributed by atoms with Crippen molar-refractivity contribution in [3.05, 3.63) is 89.5 Å². The lowest BCUT2D eigenvalue weighted by Gasteiger charge is -2.19. The van der Waals surface area contributed by atoms with Gasteiger partial charge in [-0.1, -0.05) is 71.6 Å². The first-order chi connectivity index (χ1) is 18.7. The first-order valence-electron chi connectivity index (χ1n) is 13.5. The van der Waals surface area contributed by atoms with E-state index in [1.165, 1.54) is 31.2 Å². The maximum Gasteiger partial charge on any atom is 0.257 e. The Morgan fingerprint density at radius 3 is 2.00 bits per heavy atom. The Bertz CT molecular complexity index is 1250. The van der Waals surface area contributed by atoms with Gasteiger partial charge in [-0.05, 0) is 84.2 Å². The summed E-state index contributed by atoms with van der Waals surface area (Å²) in [7, 11) is 0. The number of rotatable bonds is 11. The first kappa shape index (κ1) is 29.8. The van der Waals surface area contributed by atoms with Gasteiger partial charge >= 0.3 is 0 Å². The van der Waals surface area contributed by atoms with Gasteiger partial charge in [0.1, 0.15) is 5.75 Å². The fourth-order valence-corrected chi connectivity index (χ4v) is 4.15. The van der Waals surface area contributed by atoms with E-state index in [1.54, 1.807) is 48.5 Å². The van der Waals surface area contributed by atoms with E-state index < -0.39 is 0 Å². The Morgan fingerprint density at radius 2 is 1.36 bits per heavy atom. The van der Waals surface area contributed by atoms with Crippen molar-refractivity contribution < 1.29 is 14.3 Å². The number of amides is 2. The van der Waals surface area contributed by atoms with E-state index in [9.17, 15) is 9.59 Å². The molecule has 0 heterocycles. The maximum atomic E-state index is 12.7. The van der Waals surface area contributed by atoms with E-state index in [0.717, 1.165) is 12.2 Å². The van der Waals surface area contributed by atoms with Gasteiger partial charge in [0.15, 0.2) is 5.11 Å².